The molecule has 1 N–H and O–H groups in total. The Bertz CT molecular complexity index is 428. The molecule has 0 aromatic carbocycles. The fourth-order valence-electron chi connectivity index (χ4n) is 1.68. The molecule has 80 valence electrons. The zero-order chi connectivity index (χ0) is 11.0. The lowest BCUT2D eigenvalue weighted by Gasteiger charge is -2.06. The van der Waals surface area contributed by atoms with Gasteiger partial charge in [0, 0.05) is 11.6 Å². The smallest absolute Gasteiger partial charge is 0.339 e. The summed E-state index contributed by atoms with van der Waals surface area (Å²) in [4.78, 5) is 11.0. The molecule has 2 rings (SSSR count). The molecule has 1 aromatic rings. The Morgan fingerprint density at radius 1 is 1.67 bits per heavy atom. The molecule has 0 bridgehead atoms. The molecule has 0 spiro atoms. The van der Waals surface area contributed by atoms with E-state index < -0.39 is 5.97 Å². The van der Waals surface area contributed by atoms with Crippen LogP contribution in [0, 0.1) is 0 Å². The molecule has 1 heterocycles. The number of carbonyl (C=O) groups is 1. The molecule has 0 radical (unpaired) electrons. The van der Waals surface area contributed by atoms with Crippen LogP contribution in [0.3, 0.4) is 0 Å². The lowest BCUT2D eigenvalue weighted by molar-refractivity contribution is 0.0695. The third-order valence-electron chi connectivity index (χ3n) is 2.75. The highest BCUT2D eigenvalue weighted by atomic mass is 16.4. The fraction of sp³-hybridized carbons (Fsp3) is 0.455. The number of aromatic carboxylic acids is 1. The summed E-state index contributed by atoms with van der Waals surface area (Å²) in [6, 6.07) is 0. The molecule has 1 aliphatic carbocycles. The molecule has 0 saturated heterocycles. The van der Waals surface area contributed by atoms with Crippen molar-refractivity contribution in [1.29, 1.82) is 0 Å². The average molecular weight is 206 g/mol. The molecule has 0 aliphatic heterocycles. The minimum Gasteiger partial charge on any atom is -0.478 e. The Labute approximate surface area is 88.2 Å². The number of carboxylic acid groups (broad SMARTS) is 1. The normalized spacial score (nSPS) is 16.8. The van der Waals surface area contributed by atoms with Crippen molar-refractivity contribution in [3.05, 3.63) is 23.5 Å². The Balaban J connectivity index is 2.51. The molecule has 0 amide bonds. The van der Waals surface area contributed by atoms with Crippen molar-refractivity contribution in [3.8, 4) is 0 Å². The Morgan fingerprint density at radius 3 is 2.80 bits per heavy atom. The van der Waals surface area contributed by atoms with Gasteiger partial charge >= 0.3 is 5.97 Å². The summed E-state index contributed by atoms with van der Waals surface area (Å²) in [5, 5.41) is 13.2. The monoisotopic (exact) mass is 206 g/mol. The summed E-state index contributed by atoms with van der Waals surface area (Å²) in [7, 11) is 0. The number of hydrogen-bond donors (Lipinski definition) is 1. The van der Waals surface area contributed by atoms with Gasteiger partial charge in [-0.25, -0.2) is 9.48 Å². The third-order valence-corrected chi connectivity index (χ3v) is 2.75. The maximum Gasteiger partial charge on any atom is 0.339 e. The maximum atomic E-state index is 11.0. The SMILES string of the molecule is C/C=C(\C)n1ncc(C(=O)O)c1C1CC1. The molecular formula is C11H14N2O2. The molecule has 15 heavy (non-hydrogen) atoms. The second-order valence-electron chi connectivity index (χ2n) is 3.86. The van der Waals surface area contributed by atoms with Crippen molar-refractivity contribution in [2.75, 3.05) is 0 Å². The van der Waals surface area contributed by atoms with Crippen LogP contribution in [0.1, 0.15) is 48.7 Å². The van der Waals surface area contributed by atoms with Crippen molar-refractivity contribution < 1.29 is 9.90 Å². The van der Waals surface area contributed by atoms with Gasteiger partial charge in [0.15, 0.2) is 0 Å². The molecule has 1 saturated carbocycles. The summed E-state index contributed by atoms with van der Waals surface area (Å²) in [6.07, 6.45) is 5.53. The Kier molecular flexibility index (Phi) is 2.34. The third kappa shape index (κ3) is 1.67. The molecule has 1 fully saturated rings. The van der Waals surface area contributed by atoms with E-state index in [0.29, 0.717) is 11.5 Å². The first-order valence-corrected chi connectivity index (χ1v) is 5.09. The predicted molar refractivity (Wildman–Crippen MR) is 56.8 cm³/mol. The van der Waals surface area contributed by atoms with Gasteiger partial charge in [0.25, 0.3) is 0 Å². The first kappa shape index (κ1) is 9.96. The van der Waals surface area contributed by atoms with Gasteiger partial charge in [0.05, 0.1) is 11.9 Å². The van der Waals surface area contributed by atoms with E-state index >= 15 is 0 Å². The van der Waals surface area contributed by atoms with E-state index in [1.54, 1.807) is 4.68 Å². The van der Waals surface area contributed by atoms with Gasteiger partial charge in [0.2, 0.25) is 0 Å². The lowest BCUT2D eigenvalue weighted by atomic mass is 10.2. The van der Waals surface area contributed by atoms with Crippen LogP contribution >= 0.6 is 0 Å². The van der Waals surface area contributed by atoms with E-state index in [9.17, 15) is 4.79 Å². The maximum absolute atomic E-state index is 11.0. The zero-order valence-corrected chi connectivity index (χ0v) is 8.90. The van der Waals surface area contributed by atoms with Crippen LogP contribution in [0.25, 0.3) is 5.70 Å². The van der Waals surface area contributed by atoms with Crippen LogP contribution in [-0.2, 0) is 0 Å². The molecule has 1 aromatic heterocycles. The van der Waals surface area contributed by atoms with E-state index in [2.05, 4.69) is 5.10 Å². The lowest BCUT2D eigenvalue weighted by Crippen LogP contribution is -2.05. The zero-order valence-electron chi connectivity index (χ0n) is 8.90. The largest absolute Gasteiger partial charge is 0.478 e. The van der Waals surface area contributed by atoms with E-state index in [0.717, 1.165) is 24.2 Å². The highest BCUT2D eigenvalue weighted by Gasteiger charge is 2.32. The van der Waals surface area contributed by atoms with Crippen LogP contribution < -0.4 is 0 Å². The summed E-state index contributed by atoms with van der Waals surface area (Å²) in [5.41, 5.74) is 2.18. The van der Waals surface area contributed by atoms with Crippen LogP contribution in [0.5, 0.6) is 0 Å². The molecule has 4 heteroatoms. The molecule has 0 atom stereocenters. The van der Waals surface area contributed by atoms with Crippen LogP contribution in [0.2, 0.25) is 0 Å². The van der Waals surface area contributed by atoms with Crippen LogP contribution in [0.4, 0.5) is 0 Å². The van der Waals surface area contributed by atoms with Crippen molar-refractivity contribution in [1.82, 2.24) is 9.78 Å². The van der Waals surface area contributed by atoms with E-state index in [1.807, 2.05) is 19.9 Å². The summed E-state index contributed by atoms with van der Waals surface area (Å²) >= 11 is 0. The molecule has 1 aliphatic rings. The highest BCUT2D eigenvalue weighted by Crippen LogP contribution is 2.42. The van der Waals surface area contributed by atoms with Crippen LogP contribution in [0.15, 0.2) is 12.3 Å². The van der Waals surface area contributed by atoms with Gasteiger partial charge < -0.3 is 5.11 Å². The van der Waals surface area contributed by atoms with Gasteiger partial charge in [-0.05, 0) is 26.7 Å². The molecule has 0 unspecified atom stereocenters. The number of aromatic nitrogens is 2. The average Bonchev–Trinajstić information content (AvgIpc) is 2.95. The first-order chi connectivity index (χ1) is 7.15. The van der Waals surface area contributed by atoms with Gasteiger partial charge in [-0.15, -0.1) is 0 Å². The van der Waals surface area contributed by atoms with E-state index in [1.165, 1.54) is 6.20 Å². The molecular weight excluding hydrogens is 192 g/mol. The molecule has 4 nitrogen and oxygen atoms in total. The minimum atomic E-state index is -0.882. The van der Waals surface area contributed by atoms with E-state index in [-0.39, 0.29) is 0 Å². The van der Waals surface area contributed by atoms with Gasteiger partial charge in [-0.2, -0.15) is 5.10 Å². The Morgan fingerprint density at radius 2 is 2.33 bits per heavy atom. The fourth-order valence-corrected chi connectivity index (χ4v) is 1.68. The van der Waals surface area contributed by atoms with Crippen molar-refractivity contribution in [2.24, 2.45) is 0 Å². The second kappa shape index (κ2) is 3.53. The predicted octanol–water partition coefficient (Wildman–Crippen LogP) is 2.34. The number of allylic oxidation sites excluding steroid dienone is 2. The summed E-state index contributed by atoms with van der Waals surface area (Å²) in [5.74, 6) is -0.499. The summed E-state index contributed by atoms with van der Waals surface area (Å²) in [6.45, 7) is 3.86. The quantitative estimate of drug-likeness (QED) is 0.825. The number of hydrogen-bond acceptors (Lipinski definition) is 2. The standard InChI is InChI=1S/C11H14N2O2/c1-3-7(2)13-10(8-4-5-8)9(6-12-13)11(14)15/h3,6,8H,4-5H2,1-2H3,(H,14,15)/b7-3+. The highest BCUT2D eigenvalue weighted by molar-refractivity contribution is 5.89. The minimum absolute atomic E-state index is 0.346. The number of nitrogens with zero attached hydrogens (tertiary/aromatic N) is 2. The second-order valence-corrected chi connectivity index (χ2v) is 3.86. The van der Waals surface area contributed by atoms with E-state index in [4.69, 9.17) is 5.11 Å². The van der Waals surface area contributed by atoms with Gasteiger partial charge in [-0.1, -0.05) is 6.08 Å². The topological polar surface area (TPSA) is 55.1 Å². The van der Waals surface area contributed by atoms with Crippen LogP contribution in [-0.4, -0.2) is 20.9 Å². The van der Waals surface area contributed by atoms with Crippen molar-refractivity contribution in [2.45, 2.75) is 32.6 Å². The van der Waals surface area contributed by atoms with Crippen molar-refractivity contribution in [3.63, 3.8) is 0 Å². The summed E-state index contributed by atoms with van der Waals surface area (Å²) < 4.78 is 1.75. The first-order valence-electron chi connectivity index (χ1n) is 5.09. The van der Waals surface area contributed by atoms with Gasteiger partial charge in [0.1, 0.15) is 5.56 Å². The van der Waals surface area contributed by atoms with Crippen molar-refractivity contribution >= 4 is 11.7 Å². The van der Waals surface area contributed by atoms with Gasteiger partial charge in [-0.3, -0.25) is 0 Å². The Hall–Kier alpha value is -1.58. The number of rotatable bonds is 3. The number of carboxylic acids is 1.